The standard InChI is InChI=1S/C19H20F3NO2/c1-4-5-14-6-12(9-17(24-2)19(14)25-3)10-23-11-13-7-15(20)18(22)16(21)8-13/h4,6-9,23H,1,5,10-11H2,2-3H3. The molecule has 0 atom stereocenters. The van der Waals surface area contributed by atoms with Gasteiger partial charge in [-0.1, -0.05) is 12.1 Å². The highest BCUT2D eigenvalue weighted by Crippen LogP contribution is 2.33. The molecule has 0 aliphatic heterocycles. The number of halogens is 3. The van der Waals surface area contributed by atoms with Crippen molar-refractivity contribution in [2.45, 2.75) is 19.5 Å². The van der Waals surface area contributed by atoms with E-state index in [1.165, 1.54) is 0 Å². The Labute approximate surface area is 145 Å². The highest BCUT2D eigenvalue weighted by atomic mass is 19.2. The first kappa shape index (κ1) is 18.9. The smallest absolute Gasteiger partial charge is 0.194 e. The summed E-state index contributed by atoms with van der Waals surface area (Å²) in [6.45, 7) is 4.36. The van der Waals surface area contributed by atoms with Crippen LogP contribution in [0.3, 0.4) is 0 Å². The van der Waals surface area contributed by atoms with Crippen molar-refractivity contribution in [1.29, 1.82) is 0 Å². The Bertz CT molecular complexity index is 740. The number of benzene rings is 2. The van der Waals surface area contributed by atoms with Gasteiger partial charge in [0.1, 0.15) is 0 Å². The summed E-state index contributed by atoms with van der Waals surface area (Å²) < 4.78 is 50.1. The fraction of sp³-hybridized carbons (Fsp3) is 0.263. The van der Waals surface area contributed by atoms with Gasteiger partial charge in [-0.15, -0.1) is 6.58 Å². The molecule has 2 aromatic carbocycles. The van der Waals surface area contributed by atoms with Gasteiger partial charge < -0.3 is 14.8 Å². The molecule has 134 valence electrons. The van der Waals surface area contributed by atoms with Gasteiger partial charge in [0.2, 0.25) is 0 Å². The zero-order valence-corrected chi connectivity index (χ0v) is 14.2. The van der Waals surface area contributed by atoms with Crippen molar-refractivity contribution in [3.63, 3.8) is 0 Å². The van der Waals surface area contributed by atoms with E-state index in [9.17, 15) is 13.2 Å². The SMILES string of the molecule is C=CCc1cc(CNCc2cc(F)c(F)c(F)c2)cc(OC)c1OC. The van der Waals surface area contributed by atoms with Crippen molar-refractivity contribution in [2.24, 2.45) is 0 Å². The molecule has 0 saturated carbocycles. The van der Waals surface area contributed by atoms with Crippen LogP contribution in [0.1, 0.15) is 16.7 Å². The Kier molecular flexibility index (Phi) is 6.47. The molecule has 2 rings (SSSR count). The first-order chi connectivity index (χ1) is 12.0. The lowest BCUT2D eigenvalue weighted by molar-refractivity contribution is 0.351. The zero-order valence-electron chi connectivity index (χ0n) is 14.2. The average molecular weight is 351 g/mol. The quantitative estimate of drug-likeness (QED) is 0.573. The molecule has 0 bridgehead atoms. The van der Waals surface area contributed by atoms with Crippen molar-refractivity contribution < 1.29 is 22.6 Å². The summed E-state index contributed by atoms with van der Waals surface area (Å²) in [4.78, 5) is 0. The molecule has 0 heterocycles. The summed E-state index contributed by atoms with van der Waals surface area (Å²) in [5, 5.41) is 3.07. The van der Waals surface area contributed by atoms with E-state index in [1.54, 1.807) is 20.3 Å². The van der Waals surface area contributed by atoms with Crippen molar-refractivity contribution in [2.75, 3.05) is 14.2 Å². The summed E-state index contributed by atoms with van der Waals surface area (Å²) in [5.74, 6) is -2.61. The predicted molar refractivity (Wildman–Crippen MR) is 90.3 cm³/mol. The molecular weight excluding hydrogens is 331 g/mol. The maximum absolute atomic E-state index is 13.2. The van der Waals surface area contributed by atoms with Crippen molar-refractivity contribution >= 4 is 0 Å². The number of hydrogen-bond donors (Lipinski definition) is 1. The van der Waals surface area contributed by atoms with E-state index in [0.29, 0.717) is 30.0 Å². The van der Waals surface area contributed by atoms with E-state index >= 15 is 0 Å². The van der Waals surface area contributed by atoms with Gasteiger partial charge in [-0.25, -0.2) is 13.2 Å². The molecule has 6 heteroatoms. The van der Waals surface area contributed by atoms with Gasteiger partial charge >= 0.3 is 0 Å². The van der Waals surface area contributed by atoms with E-state index in [1.807, 2.05) is 12.1 Å². The van der Waals surface area contributed by atoms with Crippen molar-refractivity contribution in [1.82, 2.24) is 5.32 Å². The molecule has 25 heavy (non-hydrogen) atoms. The van der Waals surface area contributed by atoms with E-state index in [2.05, 4.69) is 11.9 Å². The second-order valence-electron chi connectivity index (χ2n) is 5.46. The van der Waals surface area contributed by atoms with Crippen LogP contribution in [0, 0.1) is 17.5 Å². The first-order valence-electron chi connectivity index (χ1n) is 7.69. The van der Waals surface area contributed by atoms with Crippen LogP contribution < -0.4 is 14.8 Å². The van der Waals surface area contributed by atoms with Gasteiger partial charge in [0.15, 0.2) is 29.0 Å². The van der Waals surface area contributed by atoms with Gasteiger partial charge in [-0.05, 0) is 35.7 Å². The van der Waals surface area contributed by atoms with Gasteiger partial charge in [-0.2, -0.15) is 0 Å². The highest BCUT2D eigenvalue weighted by Gasteiger charge is 2.12. The number of allylic oxidation sites excluding steroid dienone is 1. The van der Waals surface area contributed by atoms with E-state index < -0.39 is 17.5 Å². The number of methoxy groups -OCH3 is 2. The minimum atomic E-state index is -1.46. The van der Waals surface area contributed by atoms with Crippen LogP contribution in [-0.2, 0) is 19.5 Å². The topological polar surface area (TPSA) is 30.5 Å². The van der Waals surface area contributed by atoms with Crippen LogP contribution in [0.15, 0.2) is 36.9 Å². The van der Waals surface area contributed by atoms with Crippen LogP contribution in [0.25, 0.3) is 0 Å². The number of rotatable bonds is 8. The Morgan fingerprint density at radius 1 is 0.960 bits per heavy atom. The Hall–Kier alpha value is -2.47. The first-order valence-corrected chi connectivity index (χ1v) is 7.69. The van der Waals surface area contributed by atoms with Crippen LogP contribution >= 0.6 is 0 Å². The number of ether oxygens (including phenoxy) is 2. The molecule has 0 unspecified atom stereocenters. The average Bonchev–Trinajstić information content (AvgIpc) is 2.59. The molecule has 0 aliphatic rings. The van der Waals surface area contributed by atoms with Gasteiger partial charge in [0, 0.05) is 18.7 Å². The third kappa shape index (κ3) is 4.54. The lowest BCUT2D eigenvalue weighted by Gasteiger charge is -2.15. The third-order valence-corrected chi connectivity index (χ3v) is 3.68. The van der Waals surface area contributed by atoms with Crippen LogP contribution in [0.2, 0.25) is 0 Å². The van der Waals surface area contributed by atoms with Gasteiger partial charge in [0.25, 0.3) is 0 Å². The highest BCUT2D eigenvalue weighted by molar-refractivity contribution is 5.50. The third-order valence-electron chi connectivity index (χ3n) is 3.68. The molecule has 0 spiro atoms. The number of nitrogens with one attached hydrogen (secondary N) is 1. The maximum atomic E-state index is 13.2. The van der Waals surface area contributed by atoms with Crippen LogP contribution in [0.4, 0.5) is 13.2 Å². The monoisotopic (exact) mass is 351 g/mol. The number of hydrogen-bond acceptors (Lipinski definition) is 3. The second-order valence-corrected chi connectivity index (χ2v) is 5.46. The summed E-state index contributed by atoms with van der Waals surface area (Å²) in [6, 6.07) is 5.72. The molecule has 1 N–H and O–H groups in total. The van der Waals surface area contributed by atoms with Crippen LogP contribution in [0.5, 0.6) is 11.5 Å². The molecular formula is C19H20F3NO2. The van der Waals surface area contributed by atoms with E-state index in [0.717, 1.165) is 23.3 Å². The largest absolute Gasteiger partial charge is 0.493 e. The van der Waals surface area contributed by atoms with E-state index in [4.69, 9.17) is 9.47 Å². The fourth-order valence-corrected chi connectivity index (χ4v) is 2.58. The molecule has 0 saturated heterocycles. The zero-order chi connectivity index (χ0) is 18.4. The summed E-state index contributed by atoms with van der Waals surface area (Å²) in [7, 11) is 3.12. The summed E-state index contributed by atoms with van der Waals surface area (Å²) in [5.41, 5.74) is 2.16. The van der Waals surface area contributed by atoms with Gasteiger partial charge in [-0.3, -0.25) is 0 Å². The Morgan fingerprint density at radius 3 is 2.08 bits per heavy atom. The minimum Gasteiger partial charge on any atom is -0.493 e. The Morgan fingerprint density at radius 2 is 1.56 bits per heavy atom. The molecule has 0 radical (unpaired) electrons. The van der Waals surface area contributed by atoms with E-state index in [-0.39, 0.29) is 6.54 Å². The van der Waals surface area contributed by atoms with Crippen molar-refractivity contribution in [3.05, 3.63) is 71.1 Å². The van der Waals surface area contributed by atoms with Gasteiger partial charge in [0.05, 0.1) is 14.2 Å². The molecule has 0 fully saturated rings. The fourth-order valence-electron chi connectivity index (χ4n) is 2.58. The predicted octanol–water partition coefficient (Wildman–Crippen LogP) is 4.14. The molecule has 3 nitrogen and oxygen atoms in total. The lowest BCUT2D eigenvalue weighted by Crippen LogP contribution is -2.14. The molecule has 0 aliphatic carbocycles. The molecule has 2 aromatic rings. The van der Waals surface area contributed by atoms with Crippen LogP contribution in [-0.4, -0.2) is 14.2 Å². The molecule has 0 amide bonds. The maximum Gasteiger partial charge on any atom is 0.194 e. The minimum absolute atomic E-state index is 0.194. The summed E-state index contributed by atoms with van der Waals surface area (Å²) in [6.07, 6.45) is 2.38. The molecule has 0 aromatic heterocycles. The van der Waals surface area contributed by atoms with Crippen molar-refractivity contribution in [3.8, 4) is 11.5 Å². The second kappa shape index (κ2) is 8.58. The summed E-state index contributed by atoms with van der Waals surface area (Å²) >= 11 is 0. The Balaban J connectivity index is 2.12. The lowest BCUT2D eigenvalue weighted by atomic mass is 10.1. The normalized spacial score (nSPS) is 10.6.